The van der Waals surface area contributed by atoms with Gasteiger partial charge in [-0.2, -0.15) is 0 Å². The highest BCUT2D eigenvalue weighted by molar-refractivity contribution is 5.93. The van der Waals surface area contributed by atoms with Crippen LogP contribution in [0.4, 0.5) is 4.79 Å². The molecule has 4 amide bonds. The molecule has 166 valence electrons. The molecule has 1 rings (SSSR count). The largest absolute Gasteiger partial charge is 0.444 e. The summed E-state index contributed by atoms with van der Waals surface area (Å²) < 4.78 is 5.26. The molecular formula is C19H35N5O5. The first kappa shape index (κ1) is 24.7. The molecule has 10 heteroatoms. The minimum atomic E-state index is -0.833. The first-order valence-corrected chi connectivity index (χ1v) is 10.1. The predicted molar refractivity (Wildman–Crippen MR) is 108 cm³/mol. The van der Waals surface area contributed by atoms with Crippen molar-refractivity contribution in [1.82, 2.24) is 15.5 Å². The van der Waals surface area contributed by atoms with Crippen LogP contribution in [0.3, 0.4) is 0 Å². The zero-order valence-corrected chi connectivity index (χ0v) is 17.8. The second-order valence-corrected chi connectivity index (χ2v) is 8.31. The molecule has 0 saturated carbocycles. The van der Waals surface area contributed by atoms with Crippen molar-refractivity contribution >= 4 is 23.8 Å². The number of nitrogens with one attached hydrogen (secondary N) is 2. The van der Waals surface area contributed by atoms with Gasteiger partial charge in [-0.25, -0.2) is 4.79 Å². The number of unbranched alkanes of at least 4 members (excludes halogenated alkanes) is 1. The van der Waals surface area contributed by atoms with Gasteiger partial charge in [-0.3, -0.25) is 14.4 Å². The number of alkyl carbamates (subject to hydrolysis) is 1. The molecule has 0 aromatic rings. The molecule has 0 aromatic carbocycles. The maximum atomic E-state index is 13.1. The van der Waals surface area contributed by atoms with Gasteiger partial charge in [0.25, 0.3) is 0 Å². The number of amides is 4. The number of carbonyl (C=O) groups excluding carboxylic acids is 4. The van der Waals surface area contributed by atoms with Crippen molar-refractivity contribution in [3.63, 3.8) is 0 Å². The molecule has 1 fully saturated rings. The van der Waals surface area contributed by atoms with Gasteiger partial charge < -0.3 is 31.7 Å². The fourth-order valence-corrected chi connectivity index (χ4v) is 3.08. The van der Waals surface area contributed by atoms with E-state index in [0.29, 0.717) is 45.2 Å². The average Bonchev–Trinajstić information content (AvgIpc) is 3.08. The van der Waals surface area contributed by atoms with Gasteiger partial charge in [0.1, 0.15) is 23.7 Å². The summed E-state index contributed by atoms with van der Waals surface area (Å²) in [4.78, 5) is 50.5. The number of primary amides is 1. The predicted octanol–water partition coefficient (Wildman–Crippen LogP) is -0.0103. The molecule has 1 aliphatic rings. The maximum Gasteiger partial charge on any atom is 0.408 e. The minimum Gasteiger partial charge on any atom is -0.444 e. The average molecular weight is 414 g/mol. The molecule has 0 radical (unpaired) electrons. The SMILES string of the molecule is C[C@@H](NC(=O)[C@@H]1CCCN1C(=O)[C@@H](CCCCN)NC(=O)OC(C)(C)C)C(N)=O. The molecule has 10 nitrogen and oxygen atoms in total. The zero-order valence-electron chi connectivity index (χ0n) is 17.8. The summed E-state index contributed by atoms with van der Waals surface area (Å²) in [6.07, 6.45) is 2.18. The molecule has 0 aliphatic carbocycles. The zero-order chi connectivity index (χ0) is 22.2. The van der Waals surface area contributed by atoms with E-state index in [1.54, 1.807) is 20.8 Å². The summed E-state index contributed by atoms with van der Waals surface area (Å²) in [6.45, 7) is 7.56. The van der Waals surface area contributed by atoms with Crippen LogP contribution >= 0.6 is 0 Å². The van der Waals surface area contributed by atoms with Gasteiger partial charge in [0.15, 0.2) is 0 Å². The summed E-state index contributed by atoms with van der Waals surface area (Å²) in [5.41, 5.74) is 10.0. The van der Waals surface area contributed by atoms with Gasteiger partial charge in [0, 0.05) is 6.54 Å². The fraction of sp³-hybridized carbons (Fsp3) is 0.789. The van der Waals surface area contributed by atoms with Crippen molar-refractivity contribution in [2.24, 2.45) is 11.5 Å². The van der Waals surface area contributed by atoms with E-state index < -0.39 is 41.6 Å². The standard InChI is InChI=1S/C19H35N5O5/c1-12(15(21)25)22-16(26)14-9-7-11-24(14)17(27)13(8-5-6-10-20)23-18(28)29-19(2,3)4/h12-14H,5-11,20H2,1-4H3,(H2,21,25)(H,22,26)(H,23,28)/t12-,13-,14+/m1/s1. The van der Waals surface area contributed by atoms with E-state index in [0.717, 1.165) is 0 Å². The lowest BCUT2D eigenvalue weighted by Crippen LogP contribution is -2.55. The Morgan fingerprint density at radius 3 is 2.38 bits per heavy atom. The maximum absolute atomic E-state index is 13.1. The first-order chi connectivity index (χ1) is 13.5. The Morgan fingerprint density at radius 2 is 1.83 bits per heavy atom. The summed E-state index contributed by atoms with van der Waals surface area (Å²) in [5.74, 6) is -1.43. The molecule has 1 heterocycles. The summed E-state index contributed by atoms with van der Waals surface area (Å²) in [7, 11) is 0. The molecule has 1 aliphatic heterocycles. The highest BCUT2D eigenvalue weighted by Crippen LogP contribution is 2.20. The Bertz CT molecular complexity index is 604. The Morgan fingerprint density at radius 1 is 1.17 bits per heavy atom. The van der Waals surface area contributed by atoms with Gasteiger partial charge >= 0.3 is 6.09 Å². The van der Waals surface area contributed by atoms with Crippen LogP contribution in [0.1, 0.15) is 59.8 Å². The van der Waals surface area contributed by atoms with E-state index in [1.807, 2.05) is 0 Å². The first-order valence-electron chi connectivity index (χ1n) is 10.1. The van der Waals surface area contributed by atoms with Gasteiger partial charge in [-0.15, -0.1) is 0 Å². The summed E-state index contributed by atoms with van der Waals surface area (Å²) >= 11 is 0. The number of ether oxygens (including phenoxy) is 1. The number of likely N-dealkylation sites (tertiary alicyclic amines) is 1. The third kappa shape index (κ3) is 8.26. The van der Waals surface area contributed by atoms with Crippen LogP contribution in [0.15, 0.2) is 0 Å². The van der Waals surface area contributed by atoms with E-state index >= 15 is 0 Å². The lowest BCUT2D eigenvalue weighted by atomic mass is 10.1. The monoisotopic (exact) mass is 413 g/mol. The van der Waals surface area contributed by atoms with Crippen molar-refractivity contribution in [2.75, 3.05) is 13.1 Å². The van der Waals surface area contributed by atoms with Crippen LogP contribution in [0, 0.1) is 0 Å². The molecule has 0 bridgehead atoms. The number of nitrogens with zero attached hydrogens (tertiary/aromatic N) is 1. The third-order valence-corrected chi connectivity index (χ3v) is 4.56. The molecular weight excluding hydrogens is 378 g/mol. The lowest BCUT2D eigenvalue weighted by molar-refractivity contribution is -0.140. The minimum absolute atomic E-state index is 0.350. The van der Waals surface area contributed by atoms with Gasteiger partial charge in [0.05, 0.1) is 0 Å². The number of nitrogens with two attached hydrogens (primary N) is 2. The Labute approximate surface area is 172 Å². The Balaban J connectivity index is 2.87. The number of hydrogen-bond donors (Lipinski definition) is 4. The Hall–Kier alpha value is -2.36. The highest BCUT2D eigenvalue weighted by atomic mass is 16.6. The van der Waals surface area contributed by atoms with Crippen LogP contribution in [0.2, 0.25) is 0 Å². The van der Waals surface area contributed by atoms with Crippen LogP contribution < -0.4 is 22.1 Å². The van der Waals surface area contributed by atoms with Crippen LogP contribution in [-0.4, -0.2) is 65.5 Å². The van der Waals surface area contributed by atoms with E-state index in [4.69, 9.17) is 16.2 Å². The third-order valence-electron chi connectivity index (χ3n) is 4.56. The molecule has 29 heavy (non-hydrogen) atoms. The number of hydrogen-bond acceptors (Lipinski definition) is 6. The summed E-state index contributed by atoms with van der Waals surface area (Å²) in [6, 6.07) is -2.36. The molecule has 0 aromatic heterocycles. The van der Waals surface area contributed by atoms with Crippen molar-refractivity contribution in [1.29, 1.82) is 0 Å². The molecule has 6 N–H and O–H groups in total. The quantitative estimate of drug-likeness (QED) is 0.389. The lowest BCUT2D eigenvalue weighted by Gasteiger charge is -2.30. The number of carbonyl (C=O) groups is 4. The van der Waals surface area contributed by atoms with Crippen LogP contribution in [-0.2, 0) is 19.1 Å². The molecule has 0 unspecified atom stereocenters. The van der Waals surface area contributed by atoms with E-state index in [9.17, 15) is 19.2 Å². The van der Waals surface area contributed by atoms with Gasteiger partial charge in [-0.05, 0) is 66.3 Å². The van der Waals surface area contributed by atoms with Crippen LogP contribution in [0.25, 0.3) is 0 Å². The van der Waals surface area contributed by atoms with Gasteiger partial charge in [0.2, 0.25) is 17.7 Å². The molecule has 0 spiro atoms. The summed E-state index contributed by atoms with van der Waals surface area (Å²) in [5, 5.41) is 5.16. The van der Waals surface area contributed by atoms with E-state index in [2.05, 4.69) is 10.6 Å². The topological polar surface area (TPSA) is 157 Å². The van der Waals surface area contributed by atoms with Crippen molar-refractivity contribution < 1.29 is 23.9 Å². The van der Waals surface area contributed by atoms with E-state index in [1.165, 1.54) is 11.8 Å². The van der Waals surface area contributed by atoms with Crippen LogP contribution in [0.5, 0.6) is 0 Å². The smallest absolute Gasteiger partial charge is 0.408 e. The van der Waals surface area contributed by atoms with Crippen molar-refractivity contribution in [2.45, 2.75) is 83.5 Å². The van der Waals surface area contributed by atoms with E-state index in [-0.39, 0.29) is 5.91 Å². The Kier molecular flexibility index (Phi) is 9.35. The normalized spacial score (nSPS) is 18.7. The molecule has 1 saturated heterocycles. The van der Waals surface area contributed by atoms with Crippen molar-refractivity contribution in [3.05, 3.63) is 0 Å². The van der Waals surface area contributed by atoms with Gasteiger partial charge in [-0.1, -0.05) is 0 Å². The second-order valence-electron chi connectivity index (χ2n) is 8.31. The second kappa shape index (κ2) is 11.0. The number of rotatable bonds is 9. The highest BCUT2D eigenvalue weighted by Gasteiger charge is 2.38. The molecule has 3 atom stereocenters. The fourth-order valence-electron chi connectivity index (χ4n) is 3.08. The van der Waals surface area contributed by atoms with Crippen molar-refractivity contribution in [3.8, 4) is 0 Å².